The average molecular weight is 440 g/mol. The number of amides is 1. The number of aromatic hydroxyl groups is 1. The molecule has 0 saturated carbocycles. The van der Waals surface area contributed by atoms with Gasteiger partial charge in [-0.1, -0.05) is 59.6 Å². The summed E-state index contributed by atoms with van der Waals surface area (Å²) in [5.41, 5.74) is 6.06. The maximum Gasteiger partial charge on any atom is 0.412 e. The van der Waals surface area contributed by atoms with Crippen LogP contribution in [0.3, 0.4) is 0 Å². The van der Waals surface area contributed by atoms with Gasteiger partial charge in [0.1, 0.15) is 19.4 Å². The SMILES string of the molecule is CC(C)[Si](C#Cc1cccc2c(NC(=O)OC(C)(C)C)ccc(O)c12)(C(C)C)C(C)C. The zero-order valence-electron chi connectivity index (χ0n) is 20.4. The molecule has 0 heterocycles. The smallest absolute Gasteiger partial charge is 0.412 e. The molecule has 0 aliphatic heterocycles. The lowest BCUT2D eigenvalue weighted by Crippen LogP contribution is -2.43. The molecule has 4 nitrogen and oxygen atoms in total. The van der Waals surface area contributed by atoms with E-state index in [1.165, 1.54) is 0 Å². The quantitative estimate of drug-likeness (QED) is 0.295. The maximum atomic E-state index is 12.3. The molecule has 0 atom stereocenters. The van der Waals surface area contributed by atoms with Crippen LogP contribution in [0.1, 0.15) is 67.9 Å². The van der Waals surface area contributed by atoms with E-state index in [2.05, 4.69) is 58.3 Å². The molecular weight excluding hydrogens is 402 g/mol. The summed E-state index contributed by atoms with van der Waals surface area (Å²) in [4.78, 5) is 12.3. The van der Waals surface area contributed by atoms with E-state index in [1.54, 1.807) is 12.1 Å². The first-order valence-corrected chi connectivity index (χ1v) is 13.3. The third-order valence-corrected chi connectivity index (χ3v) is 12.2. The molecular formula is C26H37NO3Si. The van der Waals surface area contributed by atoms with Gasteiger partial charge in [0.05, 0.1) is 5.69 Å². The van der Waals surface area contributed by atoms with Crippen molar-refractivity contribution in [2.24, 2.45) is 0 Å². The Labute approximate surface area is 188 Å². The van der Waals surface area contributed by atoms with Crippen molar-refractivity contribution in [3.8, 4) is 17.2 Å². The molecule has 0 radical (unpaired) electrons. The first-order valence-electron chi connectivity index (χ1n) is 11.1. The highest BCUT2D eigenvalue weighted by molar-refractivity contribution is 6.90. The second kappa shape index (κ2) is 9.36. The Morgan fingerprint density at radius 1 is 1.00 bits per heavy atom. The molecule has 5 heteroatoms. The van der Waals surface area contributed by atoms with Gasteiger partial charge in [-0.15, -0.1) is 5.54 Å². The summed E-state index contributed by atoms with van der Waals surface area (Å²) in [6.07, 6.45) is -0.526. The molecule has 0 unspecified atom stereocenters. The van der Waals surface area contributed by atoms with Gasteiger partial charge in [-0.2, -0.15) is 0 Å². The number of phenols is 1. The minimum Gasteiger partial charge on any atom is -0.507 e. The number of hydrogen-bond donors (Lipinski definition) is 2. The molecule has 2 N–H and O–H groups in total. The van der Waals surface area contributed by atoms with Crippen LogP contribution in [-0.4, -0.2) is 24.9 Å². The Hall–Kier alpha value is -2.45. The van der Waals surface area contributed by atoms with Crippen LogP contribution >= 0.6 is 0 Å². The van der Waals surface area contributed by atoms with Crippen LogP contribution < -0.4 is 5.32 Å². The Bertz CT molecular complexity index is 985. The van der Waals surface area contributed by atoms with Gasteiger partial charge in [0, 0.05) is 16.3 Å². The van der Waals surface area contributed by atoms with Crippen molar-refractivity contribution >= 4 is 30.6 Å². The highest BCUT2D eigenvalue weighted by Gasteiger charge is 2.41. The normalized spacial score (nSPS) is 12.3. The molecule has 0 spiro atoms. The second-order valence-electron chi connectivity index (χ2n) is 10.1. The van der Waals surface area contributed by atoms with Crippen LogP contribution in [0.5, 0.6) is 5.75 Å². The number of rotatable bonds is 4. The third-order valence-electron chi connectivity index (χ3n) is 5.93. The number of nitrogens with one attached hydrogen (secondary N) is 1. The molecule has 0 aliphatic rings. The predicted octanol–water partition coefficient (Wildman–Crippen LogP) is 7.46. The summed E-state index contributed by atoms with van der Waals surface area (Å²) >= 11 is 0. The summed E-state index contributed by atoms with van der Waals surface area (Å²) in [7, 11) is -1.91. The number of anilines is 1. The maximum absolute atomic E-state index is 12.3. The summed E-state index contributed by atoms with van der Waals surface area (Å²) in [6, 6.07) is 9.01. The fourth-order valence-corrected chi connectivity index (χ4v) is 9.84. The van der Waals surface area contributed by atoms with Crippen LogP contribution in [-0.2, 0) is 4.74 Å². The molecule has 0 bridgehead atoms. The van der Waals surface area contributed by atoms with E-state index in [0.717, 1.165) is 10.9 Å². The Kier molecular flexibility index (Phi) is 7.49. The summed E-state index contributed by atoms with van der Waals surface area (Å²) < 4.78 is 5.39. The third kappa shape index (κ3) is 5.43. The van der Waals surface area contributed by atoms with Crippen molar-refractivity contribution in [1.82, 2.24) is 0 Å². The number of hydrogen-bond acceptors (Lipinski definition) is 3. The lowest BCUT2D eigenvalue weighted by molar-refractivity contribution is 0.0636. The molecule has 2 aromatic carbocycles. The standard InChI is InChI=1S/C26H37NO3Si/c1-17(2)31(18(3)4,19(5)6)16-15-20-11-10-12-21-22(13-14-23(28)24(20)21)27-25(29)30-26(7,8)9/h10-14,17-19,28H,1-9H3,(H,27,29). The van der Waals surface area contributed by atoms with Gasteiger partial charge in [-0.25, -0.2) is 4.79 Å². The van der Waals surface area contributed by atoms with Crippen molar-refractivity contribution < 1.29 is 14.6 Å². The number of carbonyl (C=O) groups excluding carboxylic acids is 1. The number of fused-ring (bicyclic) bond motifs is 1. The van der Waals surface area contributed by atoms with Crippen LogP contribution in [0.2, 0.25) is 16.6 Å². The van der Waals surface area contributed by atoms with Gasteiger partial charge in [0.25, 0.3) is 0 Å². The van der Waals surface area contributed by atoms with Crippen molar-refractivity contribution in [1.29, 1.82) is 0 Å². The summed E-state index contributed by atoms with van der Waals surface area (Å²) in [5.74, 6) is 3.59. The van der Waals surface area contributed by atoms with Gasteiger partial charge >= 0.3 is 6.09 Å². The number of ether oxygens (including phenoxy) is 1. The first kappa shape index (κ1) is 24.8. The molecule has 2 aromatic rings. The van der Waals surface area contributed by atoms with E-state index in [1.807, 2.05) is 39.0 Å². The van der Waals surface area contributed by atoms with Crippen LogP contribution in [0, 0.1) is 11.5 Å². The highest BCUT2D eigenvalue weighted by atomic mass is 28.3. The van der Waals surface area contributed by atoms with Crippen molar-refractivity contribution in [2.45, 2.75) is 84.5 Å². The van der Waals surface area contributed by atoms with Gasteiger partial charge in [0.15, 0.2) is 0 Å². The van der Waals surface area contributed by atoms with Crippen molar-refractivity contribution in [2.75, 3.05) is 5.32 Å². The monoisotopic (exact) mass is 439 g/mol. The number of benzene rings is 2. The second-order valence-corrected chi connectivity index (χ2v) is 15.7. The Balaban J connectivity index is 2.60. The fraction of sp³-hybridized carbons (Fsp3) is 0.500. The van der Waals surface area contributed by atoms with E-state index in [0.29, 0.717) is 27.7 Å². The average Bonchev–Trinajstić information content (AvgIpc) is 2.62. The molecule has 168 valence electrons. The molecule has 0 saturated heterocycles. The minimum absolute atomic E-state index is 0.153. The van der Waals surface area contributed by atoms with E-state index in [4.69, 9.17) is 4.74 Å². The van der Waals surface area contributed by atoms with E-state index in [9.17, 15) is 9.90 Å². The van der Waals surface area contributed by atoms with E-state index in [-0.39, 0.29) is 5.75 Å². The Morgan fingerprint density at radius 3 is 2.10 bits per heavy atom. The molecule has 31 heavy (non-hydrogen) atoms. The predicted molar refractivity (Wildman–Crippen MR) is 133 cm³/mol. The van der Waals surface area contributed by atoms with Gasteiger partial charge in [0.2, 0.25) is 0 Å². The zero-order chi connectivity index (χ0) is 23.6. The fourth-order valence-electron chi connectivity index (χ4n) is 4.62. The van der Waals surface area contributed by atoms with Crippen molar-refractivity contribution in [3.63, 3.8) is 0 Å². The lowest BCUT2D eigenvalue weighted by Gasteiger charge is -2.38. The van der Waals surface area contributed by atoms with E-state index < -0.39 is 19.8 Å². The van der Waals surface area contributed by atoms with Crippen LogP contribution in [0.25, 0.3) is 10.8 Å². The number of phenolic OH excluding ortho intramolecular Hbond substituents is 1. The highest BCUT2D eigenvalue weighted by Crippen LogP contribution is 2.41. The number of carbonyl (C=O) groups is 1. The summed E-state index contributed by atoms with van der Waals surface area (Å²) in [5, 5.41) is 14.9. The van der Waals surface area contributed by atoms with Gasteiger partial charge in [-0.3, -0.25) is 5.32 Å². The van der Waals surface area contributed by atoms with Crippen LogP contribution in [0.15, 0.2) is 30.3 Å². The first-order chi connectivity index (χ1) is 14.3. The molecule has 0 fully saturated rings. The minimum atomic E-state index is -1.91. The zero-order valence-corrected chi connectivity index (χ0v) is 21.4. The largest absolute Gasteiger partial charge is 0.507 e. The van der Waals surface area contributed by atoms with Gasteiger partial charge < -0.3 is 9.84 Å². The van der Waals surface area contributed by atoms with Gasteiger partial charge in [-0.05, 0) is 55.6 Å². The van der Waals surface area contributed by atoms with E-state index >= 15 is 0 Å². The molecule has 2 rings (SSSR count). The Morgan fingerprint density at radius 2 is 1.58 bits per heavy atom. The molecule has 1 amide bonds. The van der Waals surface area contributed by atoms with Crippen LogP contribution in [0.4, 0.5) is 10.5 Å². The lowest BCUT2D eigenvalue weighted by atomic mass is 10.0. The topological polar surface area (TPSA) is 58.6 Å². The molecule has 0 aliphatic carbocycles. The summed E-state index contributed by atoms with van der Waals surface area (Å²) in [6.45, 7) is 19.2. The van der Waals surface area contributed by atoms with Crippen molar-refractivity contribution in [3.05, 3.63) is 35.9 Å². The molecule has 0 aromatic heterocycles.